The molecule has 2 heterocycles. The number of guanidine groups is 1. The van der Waals surface area contributed by atoms with Gasteiger partial charge in [-0.2, -0.15) is 4.39 Å². The van der Waals surface area contributed by atoms with Crippen molar-refractivity contribution in [2.45, 2.75) is 64.0 Å². The van der Waals surface area contributed by atoms with Crippen molar-refractivity contribution in [2.24, 2.45) is 5.73 Å². The lowest BCUT2D eigenvalue weighted by molar-refractivity contribution is -0.121. The summed E-state index contributed by atoms with van der Waals surface area (Å²) in [5.74, 6) is -2.16. The molecule has 0 saturated heterocycles. The zero-order valence-corrected chi connectivity index (χ0v) is 26.3. The van der Waals surface area contributed by atoms with Crippen LogP contribution in [0.15, 0.2) is 48.9 Å². The molecule has 0 radical (unpaired) electrons. The number of rotatable bonds is 13. The first-order chi connectivity index (χ1) is 22.7. The van der Waals surface area contributed by atoms with Crippen LogP contribution in [0.3, 0.4) is 0 Å². The molecule has 2 unspecified atom stereocenters. The lowest BCUT2D eigenvalue weighted by atomic mass is 10.0. The Morgan fingerprint density at radius 3 is 2.62 bits per heavy atom. The molecule has 1 saturated carbocycles. The normalized spacial score (nSPS) is 15.7. The molecule has 248 valence electrons. The van der Waals surface area contributed by atoms with Gasteiger partial charge in [0.15, 0.2) is 29.0 Å². The quantitative estimate of drug-likeness (QED) is 0.0704. The van der Waals surface area contributed by atoms with E-state index < -0.39 is 11.6 Å². The molecule has 1 fully saturated rings. The molecule has 5 rings (SSSR count). The largest absolute Gasteiger partial charge is 0.494 e. The van der Waals surface area contributed by atoms with E-state index in [1.807, 2.05) is 13.0 Å². The second-order valence-electron chi connectivity index (χ2n) is 11.5. The minimum atomic E-state index is -1.08. The van der Waals surface area contributed by atoms with Crippen LogP contribution >= 0.6 is 0 Å². The van der Waals surface area contributed by atoms with Crippen molar-refractivity contribution < 1.29 is 23.1 Å². The van der Waals surface area contributed by atoms with Crippen molar-refractivity contribution >= 4 is 34.9 Å². The van der Waals surface area contributed by atoms with Crippen LogP contribution in [0.5, 0.6) is 5.75 Å². The zero-order chi connectivity index (χ0) is 33.5. The summed E-state index contributed by atoms with van der Waals surface area (Å²) in [5.41, 5.74) is 8.13. The first-order valence-corrected chi connectivity index (χ1v) is 15.6. The summed E-state index contributed by atoms with van der Waals surface area (Å²) >= 11 is 0. The van der Waals surface area contributed by atoms with Gasteiger partial charge in [-0.25, -0.2) is 14.4 Å². The number of imidazole rings is 1. The van der Waals surface area contributed by atoms with Crippen LogP contribution in [0.25, 0.3) is 16.9 Å². The van der Waals surface area contributed by atoms with E-state index in [1.165, 1.54) is 31.6 Å². The highest BCUT2D eigenvalue weighted by molar-refractivity contribution is 5.96. The molecule has 47 heavy (non-hydrogen) atoms. The van der Waals surface area contributed by atoms with Crippen LogP contribution in [-0.4, -0.2) is 57.9 Å². The number of fused-ring (bicyclic) bond motifs is 1. The van der Waals surface area contributed by atoms with Gasteiger partial charge in [-0.1, -0.05) is 6.92 Å². The van der Waals surface area contributed by atoms with E-state index >= 15 is 0 Å². The molecule has 1 aliphatic carbocycles. The number of ether oxygens (including phenoxy) is 1. The van der Waals surface area contributed by atoms with Gasteiger partial charge in [0.25, 0.3) is 5.91 Å². The topological polar surface area (TPSA) is 172 Å². The lowest BCUT2D eigenvalue weighted by Crippen LogP contribution is -2.37. The Balaban J connectivity index is 1.21. The summed E-state index contributed by atoms with van der Waals surface area (Å²) < 4.78 is 35.8. The number of amides is 2. The lowest BCUT2D eigenvalue weighted by Gasteiger charge is -2.17. The second-order valence-corrected chi connectivity index (χ2v) is 11.5. The fourth-order valence-corrected chi connectivity index (χ4v) is 5.86. The highest BCUT2D eigenvalue weighted by Gasteiger charge is 2.28. The van der Waals surface area contributed by atoms with Crippen molar-refractivity contribution in [1.29, 1.82) is 5.41 Å². The summed E-state index contributed by atoms with van der Waals surface area (Å²) in [6.07, 6.45) is 9.29. The highest BCUT2D eigenvalue weighted by atomic mass is 19.2. The number of aryl methyl sites for hydroxylation is 1. The van der Waals surface area contributed by atoms with Gasteiger partial charge in [-0.15, -0.1) is 0 Å². The number of nitrogens with zero attached hydrogens (tertiary/aromatic N) is 3. The van der Waals surface area contributed by atoms with E-state index in [-0.39, 0.29) is 41.2 Å². The number of hydrogen-bond donors (Lipinski definition) is 6. The maximum absolute atomic E-state index is 14.9. The number of nitrogens with two attached hydrogens (primary N) is 1. The number of unbranched alkanes of at least 4 members (excludes halogenated alkanes) is 1. The monoisotopic (exact) mass is 647 g/mol. The maximum atomic E-state index is 14.9. The Morgan fingerprint density at radius 1 is 1.09 bits per heavy atom. The average Bonchev–Trinajstić information content (AvgIpc) is 3.69. The van der Waals surface area contributed by atoms with Gasteiger partial charge in [0.05, 0.1) is 19.0 Å². The number of anilines is 2. The summed E-state index contributed by atoms with van der Waals surface area (Å²) in [5, 5.41) is 19.3. The number of hydrogen-bond acceptors (Lipinski definition) is 7. The number of nitrogens with one attached hydrogen (secondary N) is 5. The molecule has 7 N–H and O–H groups in total. The van der Waals surface area contributed by atoms with E-state index in [0.29, 0.717) is 60.6 Å². The SMILES string of the molecule is CCc1cc(Nc2nccn3c(-c4ccc(OC)c(F)c4F)cnc23)ccc1C(=O)NC1CCC(NC(=O)CCCCNC(=N)N)C1. The van der Waals surface area contributed by atoms with Gasteiger partial charge in [0.1, 0.15) is 0 Å². The molecule has 2 amide bonds. The Morgan fingerprint density at radius 2 is 1.87 bits per heavy atom. The summed E-state index contributed by atoms with van der Waals surface area (Å²) in [4.78, 5) is 34.5. The number of methoxy groups -OCH3 is 1. The molecule has 2 aromatic heterocycles. The van der Waals surface area contributed by atoms with Gasteiger partial charge < -0.3 is 31.7 Å². The summed E-state index contributed by atoms with van der Waals surface area (Å²) in [6, 6.07) is 8.19. The molecule has 2 aromatic carbocycles. The molecule has 12 nitrogen and oxygen atoms in total. The molecular formula is C33H39F2N9O3. The molecule has 2 atom stereocenters. The van der Waals surface area contributed by atoms with Crippen molar-refractivity contribution in [3.63, 3.8) is 0 Å². The number of carbonyl (C=O) groups is 2. The molecule has 14 heteroatoms. The van der Waals surface area contributed by atoms with E-state index in [0.717, 1.165) is 24.8 Å². The third-order valence-corrected chi connectivity index (χ3v) is 8.24. The van der Waals surface area contributed by atoms with E-state index in [1.54, 1.807) is 22.7 Å². The van der Waals surface area contributed by atoms with Crippen molar-refractivity contribution in [3.05, 3.63) is 71.7 Å². The molecule has 0 aliphatic heterocycles. The molecule has 4 aromatic rings. The Hall–Kier alpha value is -5.27. The predicted octanol–water partition coefficient (Wildman–Crippen LogP) is 4.41. The van der Waals surface area contributed by atoms with Crippen LogP contribution in [-0.2, 0) is 11.2 Å². The predicted molar refractivity (Wildman–Crippen MR) is 175 cm³/mol. The van der Waals surface area contributed by atoms with Crippen molar-refractivity contribution in [2.75, 3.05) is 19.0 Å². The van der Waals surface area contributed by atoms with Gasteiger partial charge >= 0.3 is 0 Å². The van der Waals surface area contributed by atoms with Crippen molar-refractivity contribution in [3.8, 4) is 17.0 Å². The van der Waals surface area contributed by atoms with E-state index in [9.17, 15) is 18.4 Å². The zero-order valence-electron chi connectivity index (χ0n) is 26.3. The Kier molecular flexibility index (Phi) is 10.5. The third kappa shape index (κ3) is 7.76. The average molecular weight is 648 g/mol. The Bertz CT molecular complexity index is 1780. The van der Waals surface area contributed by atoms with Crippen LogP contribution in [0, 0.1) is 17.0 Å². The van der Waals surface area contributed by atoms with E-state index in [4.69, 9.17) is 15.9 Å². The standard InChI is InChI=1S/C33H39F2N9O3/c1-3-19-16-20(42-30-31-40-18-25(44(31)15-14-38-30)24-11-12-26(47-2)29(35)28(24)34)9-10-23(19)32(46)43-22-8-7-21(17-22)41-27(45)6-4-5-13-39-33(36)37/h9-12,14-16,18,21-22H,3-8,13,17H2,1-2H3,(H,38,42)(H,41,45)(H,43,46)(H4,36,37,39). The fraction of sp³-hybridized carbons (Fsp3) is 0.364. The first-order valence-electron chi connectivity index (χ1n) is 15.6. The second kappa shape index (κ2) is 14.9. The summed E-state index contributed by atoms with van der Waals surface area (Å²) in [7, 11) is 1.27. The number of benzene rings is 2. The summed E-state index contributed by atoms with van der Waals surface area (Å²) in [6.45, 7) is 2.53. The maximum Gasteiger partial charge on any atom is 0.251 e. The van der Waals surface area contributed by atoms with Gasteiger partial charge in [-0.3, -0.25) is 19.4 Å². The van der Waals surface area contributed by atoms with Gasteiger partial charge in [-0.05, 0) is 74.4 Å². The number of aromatic nitrogens is 3. The smallest absolute Gasteiger partial charge is 0.251 e. The number of carbonyl (C=O) groups excluding carboxylic acids is 2. The van der Waals surface area contributed by atoms with Crippen LogP contribution in [0.4, 0.5) is 20.3 Å². The van der Waals surface area contributed by atoms with Gasteiger partial charge in [0, 0.05) is 54.3 Å². The molecule has 0 spiro atoms. The van der Waals surface area contributed by atoms with Crippen LogP contribution in [0.2, 0.25) is 0 Å². The highest BCUT2D eigenvalue weighted by Crippen LogP contribution is 2.32. The minimum absolute atomic E-state index is 0.0130. The van der Waals surface area contributed by atoms with Crippen LogP contribution < -0.4 is 31.7 Å². The molecule has 0 bridgehead atoms. The van der Waals surface area contributed by atoms with Gasteiger partial charge in [0.2, 0.25) is 11.7 Å². The Labute approximate surface area is 271 Å². The third-order valence-electron chi connectivity index (χ3n) is 8.24. The molecule has 1 aliphatic rings. The fourth-order valence-electron chi connectivity index (χ4n) is 5.86. The van der Waals surface area contributed by atoms with Crippen LogP contribution in [0.1, 0.15) is 61.4 Å². The minimum Gasteiger partial charge on any atom is -0.494 e. The van der Waals surface area contributed by atoms with Crippen molar-refractivity contribution in [1.82, 2.24) is 30.3 Å². The van der Waals surface area contributed by atoms with E-state index in [2.05, 4.69) is 31.2 Å². The number of halogens is 2. The molecular weight excluding hydrogens is 608 g/mol. The first kappa shape index (κ1) is 33.1.